The van der Waals surface area contributed by atoms with Crippen molar-refractivity contribution in [3.8, 4) is 0 Å². The molecular weight excluding hydrogens is 240 g/mol. The van der Waals surface area contributed by atoms with E-state index in [1.165, 1.54) is 8.61 Å². The van der Waals surface area contributed by atoms with Crippen molar-refractivity contribution in [2.24, 2.45) is 5.92 Å². The minimum absolute atomic E-state index is 0.0300. The zero-order chi connectivity index (χ0) is 12.9. The third kappa shape index (κ3) is 3.76. The van der Waals surface area contributed by atoms with E-state index in [1.54, 1.807) is 7.05 Å². The molecule has 0 spiro atoms. The molecule has 0 unspecified atom stereocenters. The van der Waals surface area contributed by atoms with Crippen molar-refractivity contribution < 1.29 is 13.2 Å². The smallest absolute Gasteiger partial charge is 0.281 e. The van der Waals surface area contributed by atoms with E-state index in [4.69, 9.17) is 0 Å². The molecule has 1 saturated heterocycles. The highest BCUT2D eigenvalue weighted by Gasteiger charge is 2.30. The van der Waals surface area contributed by atoms with Crippen molar-refractivity contribution in [2.75, 3.05) is 26.7 Å². The molecule has 1 aliphatic rings. The summed E-state index contributed by atoms with van der Waals surface area (Å²) in [7, 11) is -1.69. The largest absolute Gasteiger partial charge is 0.303 e. The number of aldehydes is 1. The Kier molecular flexibility index (Phi) is 5.55. The van der Waals surface area contributed by atoms with Crippen LogP contribution in [0.4, 0.5) is 0 Å². The maximum Gasteiger partial charge on any atom is 0.281 e. The molecule has 17 heavy (non-hydrogen) atoms. The normalized spacial score (nSPS) is 19.7. The van der Waals surface area contributed by atoms with Crippen LogP contribution < -0.4 is 0 Å². The van der Waals surface area contributed by atoms with Gasteiger partial charge in [0.2, 0.25) is 0 Å². The molecule has 6 heteroatoms. The lowest BCUT2D eigenvalue weighted by Gasteiger charge is -2.32. The molecule has 1 fully saturated rings. The van der Waals surface area contributed by atoms with Crippen LogP contribution in [0.15, 0.2) is 0 Å². The summed E-state index contributed by atoms with van der Waals surface area (Å²) in [5, 5.41) is 0. The molecule has 0 aliphatic carbocycles. The molecule has 0 saturated carbocycles. The quantitative estimate of drug-likeness (QED) is 0.668. The lowest BCUT2D eigenvalue weighted by atomic mass is 10.0. The van der Waals surface area contributed by atoms with Gasteiger partial charge in [-0.3, -0.25) is 0 Å². The zero-order valence-corrected chi connectivity index (χ0v) is 11.4. The summed E-state index contributed by atoms with van der Waals surface area (Å²) in [5.74, 6) is 0.0300. The number of carbonyl (C=O) groups is 1. The van der Waals surface area contributed by atoms with Crippen molar-refractivity contribution in [2.45, 2.75) is 32.6 Å². The van der Waals surface area contributed by atoms with Gasteiger partial charge in [-0.2, -0.15) is 17.0 Å². The highest BCUT2D eigenvalue weighted by molar-refractivity contribution is 7.86. The fraction of sp³-hybridized carbons (Fsp3) is 0.909. The fourth-order valence-corrected chi connectivity index (χ4v) is 3.36. The maximum absolute atomic E-state index is 12.1. The van der Waals surface area contributed by atoms with Gasteiger partial charge in [0.1, 0.15) is 6.29 Å². The first-order chi connectivity index (χ1) is 8.02. The monoisotopic (exact) mass is 262 g/mol. The third-order valence-corrected chi connectivity index (χ3v) is 5.23. The van der Waals surface area contributed by atoms with Gasteiger partial charge in [-0.1, -0.05) is 13.3 Å². The van der Waals surface area contributed by atoms with Crippen molar-refractivity contribution >= 4 is 16.5 Å². The van der Waals surface area contributed by atoms with E-state index >= 15 is 0 Å². The van der Waals surface area contributed by atoms with E-state index in [9.17, 15) is 13.2 Å². The van der Waals surface area contributed by atoms with E-state index in [0.29, 0.717) is 32.5 Å². The van der Waals surface area contributed by atoms with Crippen LogP contribution in [0.25, 0.3) is 0 Å². The molecule has 1 rings (SSSR count). The number of carbonyl (C=O) groups excluding carboxylic acids is 1. The summed E-state index contributed by atoms with van der Waals surface area (Å²) in [5.41, 5.74) is 0. The van der Waals surface area contributed by atoms with Crippen LogP contribution in [-0.2, 0) is 15.0 Å². The van der Waals surface area contributed by atoms with E-state index in [1.807, 2.05) is 6.92 Å². The van der Waals surface area contributed by atoms with Crippen molar-refractivity contribution in [3.63, 3.8) is 0 Å². The summed E-state index contributed by atoms with van der Waals surface area (Å²) in [6, 6.07) is 0. The summed E-state index contributed by atoms with van der Waals surface area (Å²) >= 11 is 0. The van der Waals surface area contributed by atoms with E-state index in [0.717, 1.165) is 19.1 Å². The van der Waals surface area contributed by atoms with Gasteiger partial charge in [-0.05, 0) is 19.3 Å². The first kappa shape index (κ1) is 14.6. The Balaban J connectivity index is 2.56. The molecule has 5 nitrogen and oxygen atoms in total. The Hall–Kier alpha value is -0.460. The first-order valence-electron chi connectivity index (χ1n) is 6.19. The van der Waals surface area contributed by atoms with Crippen LogP contribution in [0.2, 0.25) is 0 Å². The SMILES string of the molecule is CCCCN(C)S(=O)(=O)N1CCC(C=O)CC1. The molecule has 0 aromatic carbocycles. The summed E-state index contributed by atoms with van der Waals surface area (Å²) in [6.07, 6.45) is 4.08. The van der Waals surface area contributed by atoms with E-state index < -0.39 is 10.2 Å². The Bertz CT molecular complexity index is 335. The van der Waals surface area contributed by atoms with Gasteiger partial charge in [0.15, 0.2) is 0 Å². The predicted molar refractivity (Wildman–Crippen MR) is 66.8 cm³/mol. The van der Waals surface area contributed by atoms with Crippen molar-refractivity contribution in [1.82, 2.24) is 8.61 Å². The number of hydrogen-bond acceptors (Lipinski definition) is 3. The summed E-state index contributed by atoms with van der Waals surface area (Å²) in [4.78, 5) is 10.6. The number of nitrogens with zero attached hydrogens (tertiary/aromatic N) is 2. The lowest BCUT2D eigenvalue weighted by Crippen LogP contribution is -2.46. The van der Waals surface area contributed by atoms with Crippen LogP contribution in [0.1, 0.15) is 32.6 Å². The van der Waals surface area contributed by atoms with Crippen molar-refractivity contribution in [1.29, 1.82) is 0 Å². The number of rotatable bonds is 6. The standard InChI is InChI=1S/C11H22N2O3S/c1-3-4-7-12(2)17(15,16)13-8-5-11(10-14)6-9-13/h10-11H,3-9H2,1-2H3. The maximum atomic E-state index is 12.1. The minimum atomic E-state index is -3.32. The highest BCUT2D eigenvalue weighted by atomic mass is 32.2. The van der Waals surface area contributed by atoms with Gasteiger partial charge < -0.3 is 4.79 Å². The second-order valence-electron chi connectivity index (χ2n) is 4.56. The molecular formula is C11H22N2O3S. The van der Waals surface area contributed by atoms with E-state index in [-0.39, 0.29) is 5.92 Å². The Morgan fingerprint density at radius 1 is 1.35 bits per heavy atom. The Morgan fingerprint density at radius 3 is 2.41 bits per heavy atom. The van der Waals surface area contributed by atoms with E-state index in [2.05, 4.69) is 0 Å². The van der Waals surface area contributed by atoms with Crippen LogP contribution >= 0.6 is 0 Å². The number of piperidine rings is 1. The highest BCUT2D eigenvalue weighted by Crippen LogP contribution is 2.19. The molecule has 0 N–H and O–H groups in total. The molecule has 1 aliphatic heterocycles. The molecule has 100 valence electrons. The summed E-state index contributed by atoms with van der Waals surface area (Å²) < 4.78 is 27.2. The molecule has 0 amide bonds. The van der Waals surface area contributed by atoms with Crippen molar-refractivity contribution in [3.05, 3.63) is 0 Å². The first-order valence-corrected chi connectivity index (χ1v) is 7.58. The van der Waals surface area contributed by atoms with Gasteiger partial charge >= 0.3 is 0 Å². The lowest BCUT2D eigenvalue weighted by molar-refractivity contribution is -0.112. The van der Waals surface area contributed by atoms with Gasteiger partial charge in [0.25, 0.3) is 10.2 Å². The molecule has 0 bridgehead atoms. The molecule has 0 atom stereocenters. The summed E-state index contributed by atoms with van der Waals surface area (Å²) in [6.45, 7) is 3.52. The molecule has 0 aromatic heterocycles. The molecule has 0 aromatic rings. The van der Waals surface area contributed by atoms with Gasteiger partial charge in [0, 0.05) is 32.6 Å². The number of hydrogen-bond donors (Lipinski definition) is 0. The topological polar surface area (TPSA) is 57.7 Å². The van der Waals surface area contributed by atoms with Gasteiger partial charge in [-0.25, -0.2) is 0 Å². The number of unbranched alkanes of at least 4 members (excludes halogenated alkanes) is 1. The van der Waals surface area contributed by atoms with Crippen LogP contribution in [0.3, 0.4) is 0 Å². The van der Waals surface area contributed by atoms with Crippen LogP contribution in [0.5, 0.6) is 0 Å². The average molecular weight is 262 g/mol. The predicted octanol–water partition coefficient (Wildman–Crippen LogP) is 0.874. The molecule has 0 radical (unpaired) electrons. The average Bonchev–Trinajstić information content (AvgIpc) is 2.35. The fourth-order valence-electron chi connectivity index (χ4n) is 1.94. The Morgan fingerprint density at radius 2 is 1.94 bits per heavy atom. The van der Waals surface area contributed by atoms with Gasteiger partial charge in [0.05, 0.1) is 0 Å². The van der Waals surface area contributed by atoms with Gasteiger partial charge in [-0.15, -0.1) is 0 Å². The van der Waals surface area contributed by atoms with Crippen LogP contribution in [-0.4, -0.2) is 50.0 Å². The zero-order valence-electron chi connectivity index (χ0n) is 10.6. The van der Waals surface area contributed by atoms with Crippen LogP contribution in [0, 0.1) is 5.92 Å². The third-order valence-electron chi connectivity index (χ3n) is 3.24. The minimum Gasteiger partial charge on any atom is -0.303 e. The molecule has 1 heterocycles. The second-order valence-corrected chi connectivity index (χ2v) is 6.59. The Labute approximate surface area is 104 Å². The second kappa shape index (κ2) is 6.47.